The van der Waals surface area contributed by atoms with Crippen LogP contribution in [0.4, 0.5) is 9.18 Å². The van der Waals surface area contributed by atoms with Crippen LogP contribution < -0.4 is 5.32 Å². The van der Waals surface area contributed by atoms with Gasteiger partial charge in [0.1, 0.15) is 5.82 Å². The molecule has 6 heteroatoms. The van der Waals surface area contributed by atoms with Gasteiger partial charge in [0, 0.05) is 30.5 Å². The fourth-order valence-electron chi connectivity index (χ4n) is 4.64. The fraction of sp³-hybridized carbons (Fsp3) is 0.600. The summed E-state index contributed by atoms with van der Waals surface area (Å²) in [4.78, 5) is 25.9. The Labute approximate surface area is 152 Å². The first-order chi connectivity index (χ1) is 12.4. The summed E-state index contributed by atoms with van der Waals surface area (Å²) in [5, 5.41) is 2.74. The second-order valence-corrected chi connectivity index (χ2v) is 8.06. The number of halogens is 1. The van der Waals surface area contributed by atoms with E-state index in [-0.39, 0.29) is 29.1 Å². The van der Waals surface area contributed by atoms with E-state index in [2.05, 4.69) is 10.1 Å². The first-order valence-corrected chi connectivity index (χ1v) is 9.33. The van der Waals surface area contributed by atoms with E-state index in [4.69, 9.17) is 0 Å². The van der Waals surface area contributed by atoms with Crippen molar-refractivity contribution in [1.82, 2.24) is 10.2 Å². The van der Waals surface area contributed by atoms with E-state index in [1.54, 1.807) is 13.0 Å². The Balaban J connectivity index is 1.32. The largest absolute Gasteiger partial charge is 0.453 e. The van der Waals surface area contributed by atoms with Crippen molar-refractivity contribution >= 4 is 12.0 Å². The standard InChI is InChI=1S/C20H25FN2O3/c1-12-3-4-14(9-17(12)21)20-5-6-23(11-15(20)10-20)18(24)13-7-16(8-13)22-19(25)26-2/h3-4,9,13,15-16H,5-8,10-11H2,1-2H3,(H,22,25). The highest BCUT2D eigenvalue weighted by molar-refractivity contribution is 5.80. The molecule has 1 saturated heterocycles. The maximum Gasteiger partial charge on any atom is 0.407 e. The fourth-order valence-corrected chi connectivity index (χ4v) is 4.64. The molecule has 1 N–H and O–H groups in total. The van der Waals surface area contributed by atoms with E-state index < -0.39 is 6.09 Å². The molecule has 0 aromatic heterocycles. The number of rotatable bonds is 3. The number of benzene rings is 1. The molecule has 3 aliphatic rings. The van der Waals surface area contributed by atoms with E-state index in [0.717, 1.165) is 31.5 Å². The molecule has 1 aliphatic heterocycles. The number of aryl methyl sites for hydroxylation is 1. The second-order valence-electron chi connectivity index (χ2n) is 8.06. The number of fused-ring (bicyclic) bond motifs is 1. The van der Waals surface area contributed by atoms with Crippen LogP contribution in [0.2, 0.25) is 0 Å². The Morgan fingerprint density at radius 2 is 2.12 bits per heavy atom. The van der Waals surface area contributed by atoms with Gasteiger partial charge in [0.05, 0.1) is 7.11 Å². The molecule has 26 heavy (non-hydrogen) atoms. The van der Waals surface area contributed by atoms with E-state index >= 15 is 0 Å². The lowest BCUT2D eigenvalue weighted by atomic mass is 9.78. The number of nitrogens with one attached hydrogen (secondary N) is 1. The van der Waals surface area contributed by atoms with Gasteiger partial charge in [-0.3, -0.25) is 4.79 Å². The number of ether oxygens (including phenoxy) is 1. The number of likely N-dealkylation sites (tertiary alicyclic amines) is 1. The molecule has 1 heterocycles. The molecule has 2 aliphatic carbocycles. The maximum absolute atomic E-state index is 13.9. The van der Waals surface area contributed by atoms with Gasteiger partial charge in [0.25, 0.3) is 0 Å². The Morgan fingerprint density at radius 1 is 1.35 bits per heavy atom. The monoisotopic (exact) mass is 360 g/mol. The highest BCUT2D eigenvalue weighted by Gasteiger charge is 2.58. The van der Waals surface area contributed by atoms with Crippen molar-refractivity contribution in [3.8, 4) is 0 Å². The van der Waals surface area contributed by atoms with Crippen molar-refractivity contribution < 1.29 is 18.7 Å². The molecule has 2 atom stereocenters. The van der Waals surface area contributed by atoms with Gasteiger partial charge in [-0.25, -0.2) is 9.18 Å². The number of alkyl carbamates (subject to hydrolysis) is 1. The number of hydrogen-bond acceptors (Lipinski definition) is 3. The van der Waals surface area contributed by atoms with Crippen LogP contribution in [0.5, 0.6) is 0 Å². The van der Waals surface area contributed by atoms with Gasteiger partial charge in [-0.1, -0.05) is 12.1 Å². The molecule has 2 saturated carbocycles. The summed E-state index contributed by atoms with van der Waals surface area (Å²) in [5.41, 5.74) is 1.83. The normalized spacial score (nSPS) is 32.3. The minimum atomic E-state index is -0.438. The van der Waals surface area contributed by atoms with Crippen molar-refractivity contribution in [2.45, 2.75) is 44.1 Å². The zero-order valence-corrected chi connectivity index (χ0v) is 15.3. The van der Waals surface area contributed by atoms with Crippen LogP contribution in [0.25, 0.3) is 0 Å². The van der Waals surface area contributed by atoms with Crippen molar-refractivity contribution in [3.05, 3.63) is 35.1 Å². The molecule has 3 fully saturated rings. The van der Waals surface area contributed by atoms with Crippen molar-refractivity contribution in [2.24, 2.45) is 11.8 Å². The molecular weight excluding hydrogens is 335 g/mol. The van der Waals surface area contributed by atoms with Crippen LogP contribution in [0, 0.1) is 24.6 Å². The van der Waals surface area contributed by atoms with Crippen LogP contribution in [-0.2, 0) is 14.9 Å². The molecule has 1 aromatic carbocycles. The van der Waals surface area contributed by atoms with Gasteiger partial charge < -0.3 is 15.0 Å². The predicted molar refractivity (Wildman–Crippen MR) is 94.2 cm³/mol. The average Bonchev–Trinajstić information content (AvgIpc) is 3.34. The minimum Gasteiger partial charge on any atom is -0.453 e. The summed E-state index contributed by atoms with van der Waals surface area (Å²) in [6, 6.07) is 5.62. The summed E-state index contributed by atoms with van der Waals surface area (Å²) >= 11 is 0. The summed E-state index contributed by atoms with van der Waals surface area (Å²) in [6.45, 7) is 3.28. The molecule has 0 spiro atoms. The molecule has 1 aromatic rings. The van der Waals surface area contributed by atoms with E-state index in [9.17, 15) is 14.0 Å². The highest BCUT2D eigenvalue weighted by Crippen LogP contribution is 2.59. The molecule has 4 rings (SSSR count). The smallest absolute Gasteiger partial charge is 0.407 e. The van der Waals surface area contributed by atoms with E-state index in [0.29, 0.717) is 24.3 Å². The number of piperidine rings is 1. The second kappa shape index (κ2) is 6.25. The Bertz CT molecular complexity index is 747. The van der Waals surface area contributed by atoms with Gasteiger partial charge in [0.2, 0.25) is 5.91 Å². The van der Waals surface area contributed by atoms with Crippen molar-refractivity contribution in [1.29, 1.82) is 0 Å². The Kier molecular flexibility index (Phi) is 4.16. The molecule has 0 bridgehead atoms. The number of amides is 2. The number of carbonyl (C=O) groups is 2. The van der Waals surface area contributed by atoms with Gasteiger partial charge in [-0.05, 0) is 55.7 Å². The Morgan fingerprint density at radius 3 is 2.77 bits per heavy atom. The van der Waals surface area contributed by atoms with Crippen LogP contribution in [-0.4, -0.2) is 43.1 Å². The van der Waals surface area contributed by atoms with Gasteiger partial charge in [-0.15, -0.1) is 0 Å². The Hall–Kier alpha value is -2.11. The lowest BCUT2D eigenvalue weighted by Crippen LogP contribution is -2.52. The lowest BCUT2D eigenvalue weighted by molar-refractivity contribution is -0.140. The summed E-state index contributed by atoms with van der Waals surface area (Å²) in [7, 11) is 1.34. The number of hydrogen-bond donors (Lipinski definition) is 1. The highest BCUT2D eigenvalue weighted by atomic mass is 19.1. The third-order valence-corrected chi connectivity index (χ3v) is 6.55. The number of carbonyl (C=O) groups excluding carboxylic acids is 2. The quantitative estimate of drug-likeness (QED) is 0.902. The van der Waals surface area contributed by atoms with Crippen LogP contribution in [0.15, 0.2) is 18.2 Å². The van der Waals surface area contributed by atoms with Crippen LogP contribution in [0.3, 0.4) is 0 Å². The third kappa shape index (κ3) is 2.85. The van der Waals surface area contributed by atoms with Crippen LogP contribution in [0.1, 0.15) is 36.8 Å². The molecule has 140 valence electrons. The average molecular weight is 360 g/mol. The summed E-state index contributed by atoms with van der Waals surface area (Å²) < 4.78 is 18.5. The topological polar surface area (TPSA) is 58.6 Å². The lowest BCUT2D eigenvalue weighted by Gasteiger charge is -2.40. The number of methoxy groups -OCH3 is 1. The van der Waals surface area contributed by atoms with Crippen molar-refractivity contribution in [2.75, 3.05) is 20.2 Å². The van der Waals surface area contributed by atoms with E-state index in [1.807, 2.05) is 17.0 Å². The first-order valence-electron chi connectivity index (χ1n) is 9.33. The van der Waals surface area contributed by atoms with Gasteiger partial charge in [0.15, 0.2) is 0 Å². The summed E-state index contributed by atoms with van der Waals surface area (Å²) in [5.74, 6) is 0.495. The predicted octanol–water partition coefficient (Wildman–Crippen LogP) is 2.76. The van der Waals surface area contributed by atoms with Crippen LogP contribution >= 0.6 is 0 Å². The minimum absolute atomic E-state index is 0.000209. The van der Waals surface area contributed by atoms with Gasteiger partial charge >= 0.3 is 6.09 Å². The maximum atomic E-state index is 13.9. The van der Waals surface area contributed by atoms with E-state index in [1.165, 1.54) is 7.11 Å². The third-order valence-electron chi connectivity index (χ3n) is 6.55. The number of nitrogens with zero attached hydrogens (tertiary/aromatic N) is 1. The molecule has 0 radical (unpaired) electrons. The van der Waals surface area contributed by atoms with Crippen molar-refractivity contribution in [3.63, 3.8) is 0 Å². The molecule has 2 amide bonds. The molecule has 5 nitrogen and oxygen atoms in total. The summed E-state index contributed by atoms with van der Waals surface area (Å²) in [6.07, 6.45) is 2.87. The molecule has 2 unspecified atom stereocenters. The zero-order chi connectivity index (χ0) is 18.5. The van der Waals surface area contributed by atoms with Gasteiger partial charge in [-0.2, -0.15) is 0 Å². The first kappa shape index (κ1) is 17.3. The SMILES string of the molecule is COC(=O)NC1CC(C(=O)N2CCC3(c4ccc(C)c(F)c4)CC3C2)C1. The molecular formula is C20H25FN2O3. The zero-order valence-electron chi connectivity index (χ0n) is 15.3.